The molecule has 0 spiro atoms. The van der Waals surface area contributed by atoms with E-state index in [1.54, 1.807) is 0 Å². The number of carbonyl (C=O) groups is 1. The number of piperidine rings is 1. The molecule has 2 rings (SSSR count). The molecule has 2 heterocycles. The smallest absolute Gasteiger partial charge is 0.339 e. The lowest BCUT2D eigenvalue weighted by Gasteiger charge is -2.32. The number of hydrogen-bond acceptors (Lipinski definition) is 6. The van der Waals surface area contributed by atoms with Crippen molar-refractivity contribution in [3.63, 3.8) is 0 Å². The Hall–Kier alpha value is -2.22. The van der Waals surface area contributed by atoms with Gasteiger partial charge in [-0.05, 0) is 26.4 Å². The average Bonchev–Trinajstić information content (AvgIpc) is 2.46. The molecular formula is C13H18N4O4. The molecule has 1 aromatic heterocycles. The van der Waals surface area contributed by atoms with E-state index in [-0.39, 0.29) is 17.1 Å². The molecule has 1 saturated heterocycles. The second-order valence-corrected chi connectivity index (χ2v) is 5.16. The molecule has 0 aliphatic carbocycles. The fourth-order valence-electron chi connectivity index (χ4n) is 2.47. The van der Waals surface area contributed by atoms with E-state index in [0.29, 0.717) is 12.6 Å². The van der Waals surface area contributed by atoms with Crippen LogP contribution in [0.2, 0.25) is 0 Å². The van der Waals surface area contributed by atoms with Crippen molar-refractivity contribution in [3.8, 4) is 0 Å². The second kappa shape index (κ2) is 6.49. The largest absolute Gasteiger partial charge is 0.478 e. The zero-order chi connectivity index (χ0) is 15.4. The van der Waals surface area contributed by atoms with Gasteiger partial charge >= 0.3 is 5.97 Å². The molecule has 8 nitrogen and oxygen atoms in total. The Labute approximate surface area is 121 Å². The first-order valence-corrected chi connectivity index (χ1v) is 6.81. The van der Waals surface area contributed by atoms with E-state index in [2.05, 4.69) is 15.2 Å². The minimum Gasteiger partial charge on any atom is -0.478 e. The molecule has 1 aliphatic rings. The van der Waals surface area contributed by atoms with Crippen LogP contribution in [-0.2, 0) is 0 Å². The molecule has 0 saturated carbocycles. The average molecular weight is 294 g/mol. The van der Waals surface area contributed by atoms with Crippen LogP contribution >= 0.6 is 0 Å². The fraction of sp³-hybridized carbons (Fsp3) is 0.538. The van der Waals surface area contributed by atoms with Crippen LogP contribution in [-0.4, -0.2) is 52.1 Å². The summed E-state index contributed by atoms with van der Waals surface area (Å²) in [6.07, 6.45) is 4.43. The van der Waals surface area contributed by atoms with Crippen LogP contribution in [0.15, 0.2) is 12.3 Å². The van der Waals surface area contributed by atoms with Gasteiger partial charge in [-0.15, -0.1) is 0 Å². The zero-order valence-corrected chi connectivity index (χ0v) is 11.8. The van der Waals surface area contributed by atoms with Crippen molar-refractivity contribution >= 4 is 17.5 Å². The summed E-state index contributed by atoms with van der Waals surface area (Å²) in [6, 6.07) is 1.35. The molecule has 21 heavy (non-hydrogen) atoms. The Morgan fingerprint density at radius 1 is 1.62 bits per heavy atom. The van der Waals surface area contributed by atoms with Crippen LogP contribution in [0.25, 0.3) is 0 Å². The minimum absolute atomic E-state index is 0.173. The highest BCUT2D eigenvalue weighted by molar-refractivity contribution is 5.93. The Balaban J connectivity index is 2.11. The molecule has 2 N–H and O–H groups in total. The molecule has 0 amide bonds. The summed E-state index contributed by atoms with van der Waals surface area (Å²) in [4.78, 5) is 27.3. The number of nitro groups is 1. The van der Waals surface area contributed by atoms with Crippen LogP contribution in [0.4, 0.5) is 11.5 Å². The topological polar surface area (TPSA) is 109 Å². The minimum atomic E-state index is -1.23. The van der Waals surface area contributed by atoms with E-state index in [1.165, 1.54) is 6.42 Å². The Morgan fingerprint density at radius 3 is 3.00 bits per heavy atom. The number of carboxylic acid groups (broad SMARTS) is 1. The molecule has 8 heteroatoms. The third-order valence-electron chi connectivity index (χ3n) is 3.74. The third kappa shape index (κ3) is 3.66. The van der Waals surface area contributed by atoms with E-state index < -0.39 is 10.9 Å². The number of nitrogens with one attached hydrogen (secondary N) is 1. The van der Waals surface area contributed by atoms with Gasteiger partial charge in [0.05, 0.1) is 4.92 Å². The van der Waals surface area contributed by atoms with Gasteiger partial charge in [0.25, 0.3) is 5.69 Å². The Morgan fingerprint density at radius 2 is 2.38 bits per heavy atom. The Kier molecular flexibility index (Phi) is 4.69. The highest BCUT2D eigenvalue weighted by atomic mass is 16.6. The second-order valence-electron chi connectivity index (χ2n) is 5.16. The quantitative estimate of drug-likeness (QED) is 0.627. The highest BCUT2D eigenvalue weighted by Crippen LogP contribution is 2.20. The fourth-order valence-corrected chi connectivity index (χ4v) is 2.47. The van der Waals surface area contributed by atoms with Gasteiger partial charge in [0.1, 0.15) is 17.6 Å². The molecule has 0 radical (unpaired) electrons. The van der Waals surface area contributed by atoms with Crippen LogP contribution < -0.4 is 5.32 Å². The third-order valence-corrected chi connectivity index (χ3v) is 3.74. The normalized spacial score (nSPS) is 19.2. The number of rotatable bonds is 5. The zero-order valence-electron chi connectivity index (χ0n) is 11.8. The predicted octanol–water partition coefficient (Wildman–Crippen LogP) is 1.58. The first kappa shape index (κ1) is 15.2. The first-order chi connectivity index (χ1) is 9.99. The van der Waals surface area contributed by atoms with Gasteiger partial charge in [0, 0.05) is 18.7 Å². The van der Waals surface area contributed by atoms with E-state index in [4.69, 9.17) is 5.11 Å². The number of hydrogen-bond donors (Lipinski definition) is 2. The van der Waals surface area contributed by atoms with Crippen molar-refractivity contribution in [1.29, 1.82) is 0 Å². The lowest BCUT2D eigenvalue weighted by molar-refractivity contribution is -0.385. The number of pyridine rings is 1. The number of aromatic carboxylic acids is 1. The molecule has 1 aromatic rings. The maximum atomic E-state index is 11.2. The van der Waals surface area contributed by atoms with E-state index >= 15 is 0 Å². The monoisotopic (exact) mass is 294 g/mol. The Bertz CT molecular complexity index is 549. The number of anilines is 1. The SMILES string of the molecule is CN1CCCCC1CNc1ncc([N+](=O)[O-])cc1C(=O)O. The van der Waals surface area contributed by atoms with E-state index in [1.807, 2.05) is 7.05 Å². The molecular weight excluding hydrogens is 276 g/mol. The van der Waals surface area contributed by atoms with Crippen LogP contribution in [0.5, 0.6) is 0 Å². The molecule has 1 atom stereocenters. The van der Waals surface area contributed by atoms with Gasteiger partial charge < -0.3 is 15.3 Å². The van der Waals surface area contributed by atoms with Gasteiger partial charge in [-0.3, -0.25) is 10.1 Å². The molecule has 0 bridgehead atoms. The van der Waals surface area contributed by atoms with Crippen molar-refractivity contribution in [1.82, 2.24) is 9.88 Å². The van der Waals surface area contributed by atoms with Crippen molar-refractivity contribution in [2.45, 2.75) is 25.3 Å². The molecule has 1 aliphatic heterocycles. The van der Waals surface area contributed by atoms with Crippen molar-refractivity contribution in [3.05, 3.63) is 27.9 Å². The van der Waals surface area contributed by atoms with Crippen molar-refractivity contribution in [2.75, 3.05) is 25.5 Å². The lowest BCUT2D eigenvalue weighted by Crippen LogP contribution is -2.41. The summed E-state index contributed by atoms with van der Waals surface area (Å²) in [5.74, 6) is -1.06. The van der Waals surface area contributed by atoms with E-state index in [9.17, 15) is 14.9 Å². The number of nitrogens with zero attached hydrogens (tertiary/aromatic N) is 3. The maximum Gasteiger partial charge on any atom is 0.339 e. The highest BCUT2D eigenvalue weighted by Gasteiger charge is 2.21. The van der Waals surface area contributed by atoms with Crippen molar-refractivity contribution < 1.29 is 14.8 Å². The number of carboxylic acids is 1. The van der Waals surface area contributed by atoms with Crippen molar-refractivity contribution in [2.24, 2.45) is 0 Å². The summed E-state index contributed by atoms with van der Waals surface area (Å²) in [7, 11) is 2.03. The lowest BCUT2D eigenvalue weighted by atomic mass is 10.0. The van der Waals surface area contributed by atoms with Gasteiger partial charge in [0.2, 0.25) is 0 Å². The van der Waals surface area contributed by atoms with Crippen LogP contribution in [0.1, 0.15) is 29.6 Å². The first-order valence-electron chi connectivity index (χ1n) is 6.81. The molecule has 114 valence electrons. The van der Waals surface area contributed by atoms with Gasteiger partial charge in [0.15, 0.2) is 0 Å². The molecule has 0 aromatic carbocycles. The summed E-state index contributed by atoms with van der Waals surface area (Å²) in [6.45, 7) is 1.59. The maximum absolute atomic E-state index is 11.2. The molecule has 1 fully saturated rings. The van der Waals surface area contributed by atoms with E-state index in [0.717, 1.165) is 31.6 Å². The number of likely N-dealkylation sites (tertiary alicyclic amines) is 1. The summed E-state index contributed by atoms with van der Waals surface area (Å²) < 4.78 is 0. The summed E-state index contributed by atoms with van der Waals surface area (Å²) >= 11 is 0. The van der Waals surface area contributed by atoms with Gasteiger partial charge in [-0.2, -0.15) is 0 Å². The molecule has 1 unspecified atom stereocenters. The van der Waals surface area contributed by atoms with Crippen LogP contribution in [0, 0.1) is 10.1 Å². The van der Waals surface area contributed by atoms with Gasteiger partial charge in [-0.1, -0.05) is 6.42 Å². The van der Waals surface area contributed by atoms with Crippen LogP contribution in [0.3, 0.4) is 0 Å². The predicted molar refractivity (Wildman–Crippen MR) is 76.6 cm³/mol. The van der Waals surface area contributed by atoms with Gasteiger partial charge in [-0.25, -0.2) is 9.78 Å². The number of aromatic nitrogens is 1. The standard InChI is InChI=1S/C13H18N4O4/c1-16-5-3-2-4-9(16)7-14-12-11(13(18)19)6-10(8-15-12)17(20)21/h6,8-9H,2-5,7H2,1H3,(H,14,15)(H,18,19). The number of likely N-dealkylation sites (N-methyl/N-ethyl adjacent to an activating group) is 1. The summed E-state index contributed by atoms with van der Waals surface area (Å²) in [5, 5.41) is 22.8. The summed E-state index contributed by atoms with van der Waals surface area (Å²) in [5.41, 5.74) is -0.504.